The molecule has 0 saturated carbocycles. The Balaban J connectivity index is 0.000000540. The van der Waals surface area contributed by atoms with Crippen LogP contribution in [-0.2, 0) is 25.8 Å². The van der Waals surface area contributed by atoms with Crippen molar-refractivity contribution in [2.45, 2.75) is 64.3 Å². The summed E-state index contributed by atoms with van der Waals surface area (Å²) in [6.45, 7) is 5.78. The van der Waals surface area contributed by atoms with Crippen LogP contribution < -0.4 is 0 Å². The van der Waals surface area contributed by atoms with Crippen LogP contribution >= 0.6 is 0 Å². The maximum Gasteiger partial charge on any atom is 0.490 e. The first-order valence-corrected chi connectivity index (χ1v) is 11.4. The summed E-state index contributed by atoms with van der Waals surface area (Å²) in [6, 6.07) is 5.64. The number of nitrogens with zero attached hydrogens (tertiary/aromatic N) is 4. The minimum atomic E-state index is -5.08. The predicted octanol–water partition coefficient (Wildman–Crippen LogP) is 3.25. The number of rotatable bonds is 6. The average Bonchev–Trinajstić information content (AvgIpc) is 3.22. The van der Waals surface area contributed by atoms with Crippen molar-refractivity contribution >= 4 is 23.5 Å². The topological polar surface area (TPSA) is 112 Å². The van der Waals surface area contributed by atoms with Gasteiger partial charge in [-0.25, -0.2) is 4.79 Å². The number of pyridine rings is 1. The molecule has 35 heavy (non-hydrogen) atoms. The Hall–Kier alpha value is -3.18. The third-order valence-electron chi connectivity index (χ3n) is 5.99. The van der Waals surface area contributed by atoms with Crippen LogP contribution in [0.4, 0.5) is 13.2 Å². The summed E-state index contributed by atoms with van der Waals surface area (Å²) in [5, 5.41) is 11.2. The van der Waals surface area contributed by atoms with E-state index in [0.717, 1.165) is 37.9 Å². The van der Waals surface area contributed by atoms with Crippen molar-refractivity contribution in [1.29, 1.82) is 0 Å². The maximum atomic E-state index is 12.8. The molecule has 12 heteroatoms. The molecule has 1 aromatic heterocycles. The van der Waals surface area contributed by atoms with E-state index in [-0.39, 0.29) is 17.7 Å². The number of oxime groups is 1. The Morgan fingerprint density at radius 1 is 1.26 bits per heavy atom. The van der Waals surface area contributed by atoms with Gasteiger partial charge in [0, 0.05) is 32.1 Å². The molecule has 2 amide bonds. The highest BCUT2D eigenvalue weighted by molar-refractivity contribution is 6.39. The molecule has 0 bridgehead atoms. The van der Waals surface area contributed by atoms with E-state index in [0.29, 0.717) is 25.2 Å². The number of carbonyl (C=O) groups is 3. The van der Waals surface area contributed by atoms with Gasteiger partial charge in [0.25, 0.3) is 5.91 Å². The van der Waals surface area contributed by atoms with E-state index in [1.807, 2.05) is 23.1 Å². The van der Waals surface area contributed by atoms with Crippen molar-refractivity contribution in [3.8, 4) is 0 Å². The number of hydrogen-bond donors (Lipinski definition) is 1. The van der Waals surface area contributed by atoms with Gasteiger partial charge in [0.2, 0.25) is 5.91 Å². The van der Waals surface area contributed by atoms with Crippen molar-refractivity contribution in [3.63, 3.8) is 0 Å². The molecule has 1 atom stereocenters. The summed E-state index contributed by atoms with van der Waals surface area (Å²) < 4.78 is 31.7. The maximum absolute atomic E-state index is 12.8. The van der Waals surface area contributed by atoms with Crippen LogP contribution in [0, 0.1) is 5.92 Å². The van der Waals surface area contributed by atoms with Gasteiger partial charge in [0.15, 0.2) is 5.60 Å². The molecular weight excluding hydrogens is 469 g/mol. The Morgan fingerprint density at radius 2 is 1.91 bits per heavy atom. The lowest BCUT2D eigenvalue weighted by Gasteiger charge is -2.39. The van der Waals surface area contributed by atoms with Gasteiger partial charge in [-0.15, -0.1) is 0 Å². The number of piperidine rings is 1. The fraction of sp³-hybridized carbons (Fsp3) is 0.609. The van der Waals surface area contributed by atoms with Crippen LogP contribution in [0.15, 0.2) is 29.6 Å². The number of aliphatic carboxylic acids is 1. The molecule has 1 N–H and O–H groups in total. The second-order valence-electron chi connectivity index (χ2n) is 8.65. The van der Waals surface area contributed by atoms with E-state index in [1.54, 1.807) is 18.1 Å². The molecule has 194 valence electrons. The van der Waals surface area contributed by atoms with E-state index in [9.17, 15) is 22.8 Å². The molecule has 9 nitrogen and oxygen atoms in total. The highest BCUT2D eigenvalue weighted by atomic mass is 19.4. The zero-order chi connectivity index (χ0) is 26.2. The Kier molecular flexibility index (Phi) is 9.61. The first-order valence-electron chi connectivity index (χ1n) is 11.4. The monoisotopic (exact) mass is 500 g/mol. The van der Waals surface area contributed by atoms with Gasteiger partial charge in [-0.2, -0.15) is 13.2 Å². The largest absolute Gasteiger partial charge is 0.490 e. The van der Waals surface area contributed by atoms with E-state index in [4.69, 9.17) is 14.7 Å². The third kappa shape index (κ3) is 7.66. The summed E-state index contributed by atoms with van der Waals surface area (Å²) in [4.78, 5) is 48.0. The molecule has 3 rings (SSSR count). The smallest absolute Gasteiger partial charge is 0.475 e. The quantitative estimate of drug-likeness (QED) is 0.642. The van der Waals surface area contributed by atoms with E-state index >= 15 is 0 Å². The lowest BCUT2D eigenvalue weighted by atomic mass is 9.87. The molecule has 1 unspecified atom stereocenters. The Labute approximate surface area is 201 Å². The van der Waals surface area contributed by atoms with E-state index < -0.39 is 17.7 Å². The molecule has 0 aromatic carbocycles. The molecule has 1 saturated heterocycles. The van der Waals surface area contributed by atoms with Crippen LogP contribution in [0.25, 0.3) is 0 Å². The second-order valence-corrected chi connectivity index (χ2v) is 8.65. The molecule has 2 aliphatic heterocycles. The van der Waals surface area contributed by atoms with Crippen LogP contribution in [0.5, 0.6) is 0 Å². The molecule has 1 fully saturated rings. The second kappa shape index (κ2) is 12.0. The van der Waals surface area contributed by atoms with Gasteiger partial charge in [-0.1, -0.05) is 25.1 Å². The lowest BCUT2D eigenvalue weighted by molar-refractivity contribution is -0.192. The van der Waals surface area contributed by atoms with Crippen LogP contribution in [0.3, 0.4) is 0 Å². The summed E-state index contributed by atoms with van der Waals surface area (Å²) in [7, 11) is 1.74. The molecule has 1 spiro atoms. The van der Waals surface area contributed by atoms with Crippen molar-refractivity contribution in [3.05, 3.63) is 30.1 Å². The van der Waals surface area contributed by atoms with Crippen LogP contribution in [0.2, 0.25) is 0 Å². The molecular formula is C23H31F3N4O5. The fourth-order valence-electron chi connectivity index (χ4n) is 4.06. The number of aromatic nitrogens is 1. The number of amides is 2. The highest BCUT2D eigenvalue weighted by Gasteiger charge is 2.46. The highest BCUT2D eigenvalue weighted by Crippen LogP contribution is 2.34. The fourth-order valence-corrected chi connectivity index (χ4v) is 4.06. The molecule has 3 heterocycles. The third-order valence-corrected chi connectivity index (χ3v) is 5.99. The lowest BCUT2D eigenvalue weighted by Crippen LogP contribution is -2.52. The minimum absolute atomic E-state index is 0.0584. The normalized spacial score (nSPS) is 19.5. The molecule has 0 aliphatic carbocycles. The van der Waals surface area contributed by atoms with Gasteiger partial charge in [-0.05, 0) is 37.8 Å². The molecule has 2 aliphatic rings. The number of carbonyl (C=O) groups excluding carboxylic acids is 2. The van der Waals surface area contributed by atoms with Gasteiger partial charge in [-0.3, -0.25) is 14.6 Å². The van der Waals surface area contributed by atoms with E-state index in [2.05, 4.69) is 24.0 Å². The predicted molar refractivity (Wildman–Crippen MR) is 120 cm³/mol. The number of hydrogen-bond acceptors (Lipinski definition) is 6. The summed E-state index contributed by atoms with van der Waals surface area (Å²) in [5.74, 6) is -2.65. The molecule has 1 aromatic rings. The zero-order valence-corrected chi connectivity index (χ0v) is 20.0. The van der Waals surface area contributed by atoms with Gasteiger partial charge >= 0.3 is 12.1 Å². The standard InChI is InChI=1S/C21H30N4O3.C2HF3O2/c1-4-16(5-2)19(26)25-12-8-10-21(15-25)13-18(23-28-21)20(27)24(3)14-17-9-6-7-11-22-17;3-2(4,5)1(6)7/h6-7,9,11,16H,4-5,8,10,12-15H2,1-3H3;(H,6,7). The number of carboxylic acids is 1. The van der Waals surface area contributed by atoms with E-state index in [1.165, 1.54) is 0 Å². The minimum Gasteiger partial charge on any atom is -0.475 e. The number of carboxylic acid groups (broad SMARTS) is 1. The van der Waals surface area contributed by atoms with Crippen molar-refractivity contribution in [2.75, 3.05) is 20.1 Å². The first-order chi connectivity index (χ1) is 16.4. The summed E-state index contributed by atoms with van der Waals surface area (Å²) in [5.41, 5.74) is 0.694. The number of likely N-dealkylation sites (tertiary alicyclic amines) is 1. The Bertz CT molecular complexity index is 921. The first kappa shape index (κ1) is 28.1. The van der Waals surface area contributed by atoms with Crippen molar-refractivity contribution in [1.82, 2.24) is 14.8 Å². The molecule has 0 radical (unpaired) electrons. The van der Waals surface area contributed by atoms with Crippen LogP contribution in [-0.4, -0.2) is 75.3 Å². The SMILES string of the molecule is CCC(CC)C(=O)N1CCCC2(CC(C(=O)N(C)Cc3ccccn3)=NO2)C1.O=C(O)C(F)(F)F. The van der Waals surface area contributed by atoms with Crippen LogP contribution in [0.1, 0.15) is 51.6 Å². The van der Waals surface area contributed by atoms with Gasteiger partial charge < -0.3 is 19.7 Å². The van der Waals surface area contributed by atoms with Gasteiger partial charge in [0.1, 0.15) is 5.71 Å². The number of halogens is 3. The van der Waals surface area contributed by atoms with Crippen molar-refractivity contribution in [2.24, 2.45) is 11.1 Å². The summed E-state index contributed by atoms with van der Waals surface area (Å²) in [6.07, 6.45) is 0.449. The Morgan fingerprint density at radius 3 is 2.46 bits per heavy atom. The van der Waals surface area contributed by atoms with Crippen molar-refractivity contribution < 1.29 is 37.5 Å². The average molecular weight is 501 g/mol. The number of alkyl halides is 3. The zero-order valence-electron chi connectivity index (χ0n) is 20.0. The summed E-state index contributed by atoms with van der Waals surface area (Å²) >= 11 is 0. The van der Waals surface area contributed by atoms with Gasteiger partial charge in [0.05, 0.1) is 18.8 Å².